The fourth-order valence-electron chi connectivity index (χ4n) is 2.16. The lowest BCUT2D eigenvalue weighted by Gasteiger charge is -2.19. The zero-order chi connectivity index (χ0) is 14.8. The summed E-state index contributed by atoms with van der Waals surface area (Å²) in [6, 6.07) is 16.1. The second-order valence-electron chi connectivity index (χ2n) is 5.87. The molecule has 0 aliphatic heterocycles. The van der Waals surface area contributed by atoms with Crippen molar-refractivity contribution in [1.82, 2.24) is 0 Å². The molecule has 0 fully saturated rings. The van der Waals surface area contributed by atoms with Crippen molar-refractivity contribution < 1.29 is 9.53 Å². The second kappa shape index (κ2) is 5.63. The van der Waals surface area contributed by atoms with Crippen molar-refractivity contribution in [3.63, 3.8) is 0 Å². The lowest BCUT2D eigenvalue weighted by molar-refractivity contribution is 0.0601. The van der Waals surface area contributed by atoms with Gasteiger partial charge in [0.25, 0.3) is 0 Å². The van der Waals surface area contributed by atoms with Gasteiger partial charge in [-0.3, -0.25) is 0 Å². The number of carbonyl (C=O) groups is 1. The summed E-state index contributed by atoms with van der Waals surface area (Å²) in [5.41, 5.74) is 2.62. The number of carbonyl (C=O) groups excluding carboxylic acids is 1. The van der Waals surface area contributed by atoms with Crippen molar-refractivity contribution in [2.75, 3.05) is 7.11 Å². The zero-order valence-electron chi connectivity index (χ0n) is 12.4. The molecule has 0 heterocycles. The number of ether oxygens (including phenoxy) is 1. The molecule has 3 heteroatoms. The molecular formula is C17H20O2Si. The van der Waals surface area contributed by atoms with Crippen LogP contribution in [-0.4, -0.2) is 21.2 Å². The molecule has 0 saturated heterocycles. The van der Waals surface area contributed by atoms with Crippen LogP contribution in [0.15, 0.2) is 48.5 Å². The number of benzene rings is 2. The van der Waals surface area contributed by atoms with Gasteiger partial charge in [0, 0.05) is 0 Å². The Balaban J connectivity index is 2.61. The van der Waals surface area contributed by atoms with E-state index in [1.54, 1.807) is 0 Å². The van der Waals surface area contributed by atoms with Gasteiger partial charge >= 0.3 is 5.97 Å². The maximum atomic E-state index is 12.1. The van der Waals surface area contributed by atoms with Crippen molar-refractivity contribution in [2.45, 2.75) is 19.6 Å². The molecule has 0 spiro atoms. The molecule has 0 aliphatic rings. The number of rotatable bonds is 3. The van der Waals surface area contributed by atoms with Gasteiger partial charge in [-0.15, -0.1) is 0 Å². The van der Waals surface area contributed by atoms with Crippen molar-refractivity contribution >= 4 is 19.2 Å². The summed E-state index contributed by atoms with van der Waals surface area (Å²) in [5, 5.41) is 1.26. The highest BCUT2D eigenvalue weighted by molar-refractivity contribution is 6.88. The summed E-state index contributed by atoms with van der Waals surface area (Å²) >= 11 is 0. The van der Waals surface area contributed by atoms with Crippen LogP contribution in [0.2, 0.25) is 19.6 Å². The molecule has 0 radical (unpaired) electrons. The smallest absolute Gasteiger partial charge is 0.338 e. The number of esters is 1. The largest absolute Gasteiger partial charge is 0.465 e. The molecule has 0 N–H and O–H groups in total. The minimum atomic E-state index is -1.45. The maximum absolute atomic E-state index is 12.1. The molecule has 0 saturated carbocycles. The van der Waals surface area contributed by atoms with Gasteiger partial charge in [0.1, 0.15) is 0 Å². The monoisotopic (exact) mass is 284 g/mol. The van der Waals surface area contributed by atoms with E-state index in [9.17, 15) is 4.79 Å². The molecule has 2 rings (SSSR count). The second-order valence-corrected chi connectivity index (χ2v) is 10.9. The number of hydrogen-bond acceptors (Lipinski definition) is 2. The first-order valence-corrected chi connectivity index (χ1v) is 10.2. The van der Waals surface area contributed by atoms with E-state index in [4.69, 9.17) is 4.74 Å². The molecule has 2 nitrogen and oxygen atoms in total. The first kappa shape index (κ1) is 14.5. The Bertz CT molecular complexity index is 613. The third kappa shape index (κ3) is 2.99. The van der Waals surface area contributed by atoms with Crippen LogP contribution in [0.5, 0.6) is 0 Å². The SMILES string of the molecule is COC(=O)c1cc([Si](C)(C)C)ccc1-c1ccccc1. The fraction of sp³-hybridized carbons (Fsp3) is 0.235. The minimum Gasteiger partial charge on any atom is -0.465 e. The molecule has 0 atom stereocenters. The molecular weight excluding hydrogens is 264 g/mol. The van der Waals surface area contributed by atoms with Gasteiger partial charge < -0.3 is 4.74 Å². The average Bonchev–Trinajstić information content (AvgIpc) is 2.45. The first-order chi connectivity index (χ1) is 9.43. The standard InChI is InChI=1S/C17H20O2Si/c1-19-17(18)16-12-14(20(2,3)4)10-11-15(16)13-8-6-5-7-9-13/h5-12H,1-4H3. The molecule has 0 amide bonds. The number of hydrogen-bond donors (Lipinski definition) is 0. The summed E-state index contributed by atoms with van der Waals surface area (Å²) in [4.78, 5) is 12.1. The van der Waals surface area contributed by atoms with Crippen LogP contribution in [0.4, 0.5) is 0 Å². The lowest BCUT2D eigenvalue weighted by Crippen LogP contribution is -2.38. The van der Waals surface area contributed by atoms with E-state index in [1.165, 1.54) is 12.3 Å². The molecule has 0 aliphatic carbocycles. The van der Waals surface area contributed by atoms with Gasteiger partial charge in [0.2, 0.25) is 0 Å². The van der Waals surface area contributed by atoms with E-state index in [2.05, 4.69) is 25.7 Å². The summed E-state index contributed by atoms with van der Waals surface area (Å²) in [6.45, 7) is 6.81. The molecule has 2 aromatic rings. The zero-order valence-corrected chi connectivity index (χ0v) is 13.4. The van der Waals surface area contributed by atoms with Crippen LogP contribution >= 0.6 is 0 Å². The van der Waals surface area contributed by atoms with Gasteiger partial charge in [-0.05, 0) is 17.2 Å². The Morgan fingerprint density at radius 2 is 1.65 bits per heavy atom. The average molecular weight is 284 g/mol. The first-order valence-electron chi connectivity index (χ1n) is 6.72. The Morgan fingerprint density at radius 3 is 2.20 bits per heavy atom. The summed E-state index contributed by atoms with van der Waals surface area (Å²) < 4.78 is 4.94. The van der Waals surface area contributed by atoms with E-state index in [1.807, 2.05) is 42.5 Å². The van der Waals surface area contributed by atoms with Gasteiger partial charge in [0.05, 0.1) is 20.7 Å². The fourth-order valence-corrected chi connectivity index (χ4v) is 3.32. The van der Waals surface area contributed by atoms with Crippen molar-refractivity contribution in [2.24, 2.45) is 0 Å². The van der Waals surface area contributed by atoms with Crippen molar-refractivity contribution in [3.8, 4) is 11.1 Å². The third-order valence-electron chi connectivity index (χ3n) is 3.38. The van der Waals surface area contributed by atoms with Crippen LogP contribution in [0, 0.1) is 0 Å². The predicted molar refractivity (Wildman–Crippen MR) is 86.2 cm³/mol. The van der Waals surface area contributed by atoms with Crippen LogP contribution in [0.25, 0.3) is 11.1 Å². The summed E-state index contributed by atoms with van der Waals surface area (Å²) in [6.07, 6.45) is 0. The van der Waals surface area contributed by atoms with Gasteiger partial charge in [0.15, 0.2) is 0 Å². The summed E-state index contributed by atoms with van der Waals surface area (Å²) in [7, 11) is -0.0261. The quantitative estimate of drug-likeness (QED) is 0.635. The maximum Gasteiger partial charge on any atom is 0.338 e. The Hall–Kier alpha value is -1.87. The molecule has 2 aromatic carbocycles. The Labute approximate surface area is 121 Å². The number of methoxy groups -OCH3 is 1. The van der Waals surface area contributed by atoms with E-state index in [0.717, 1.165) is 11.1 Å². The molecule has 104 valence electrons. The third-order valence-corrected chi connectivity index (χ3v) is 5.42. The molecule has 0 aromatic heterocycles. The lowest BCUT2D eigenvalue weighted by atomic mass is 10.00. The molecule has 0 unspecified atom stereocenters. The van der Waals surface area contributed by atoms with Crippen LogP contribution in [0.1, 0.15) is 10.4 Å². The highest BCUT2D eigenvalue weighted by Crippen LogP contribution is 2.24. The van der Waals surface area contributed by atoms with Crippen LogP contribution in [-0.2, 0) is 4.74 Å². The minimum absolute atomic E-state index is 0.274. The van der Waals surface area contributed by atoms with Crippen LogP contribution < -0.4 is 5.19 Å². The Morgan fingerprint density at radius 1 is 1.00 bits per heavy atom. The molecule has 0 bridgehead atoms. The summed E-state index contributed by atoms with van der Waals surface area (Å²) in [5.74, 6) is -0.274. The molecule has 20 heavy (non-hydrogen) atoms. The normalized spacial score (nSPS) is 11.2. The predicted octanol–water partition coefficient (Wildman–Crippen LogP) is 3.69. The van der Waals surface area contributed by atoms with Gasteiger partial charge in [-0.25, -0.2) is 4.79 Å². The highest BCUT2D eigenvalue weighted by Gasteiger charge is 2.21. The van der Waals surface area contributed by atoms with E-state index in [0.29, 0.717) is 5.56 Å². The van der Waals surface area contributed by atoms with E-state index in [-0.39, 0.29) is 5.97 Å². The van der Waals surface area contributed by atoms with E-state index >= 15 is 0 Å². The van der Waals surface area contributed by atoms with Crippen molar-refractivity contribution in [3.05, 3.63) is 54.1 Å². The highest BCUT2D eigenvalue weighted by atomic mass is 28.3. The van der Waals surface area contributed by atoms with Crippen LogP contribution in [0.3, 0.4) is 0 Å². The van der Waals surface area contributed by atoms with E-state index < -0.39 is 8.07 Å². The Kier molecular flexibility index (Phi) is 4.09. The van der Waals surface area contributed by atoms with Gasteiger partial charge in [-0.1, -0.05) is 67.3 Å². The van der Waals surface area contributed by atoms with Gasteiger partial charge in [-0.2, -0.15) is 0 Å². The van der Waals surface area contributed by atoms with Crippen molar-refractivity contribution in [1.29, 1.82) is 0 Å². The topological polar surface area (TPSA) is 26.3 Å².